The first kappa shape index (κ1) is 35.2. The van der Waals surface area contributed by atoms with Gasteiger partial charge in [0.15, 0.2) is 0 Å². The van der Waals surface area contributed by atoms with Gasteiger partial charge in [-0.05, 0) is 48.0 Å². The van der Waals surface area contributed by atoms with Gasteiger partial charge in [0, 0.05) is 31.3 Å². The quantitative estimate of drug-likeness (QED) is 0.110. The maximum atomic E-state index is 13.3. The highest BCUT2D eigenvalue weighted by Gasteiger charge is 2.38. The molecule has 0 radical (unpaired) electrons. The fourth-order valence-corrected chi connectivity index (χ4v) is 6.53. The van der Waals surface area contributed by atoms with Crippen molar-refractivity contribution in [1.82, 2.24) is 20.3 Å². The number of benzene rings is 2. The highest BCUT2D eigenvalue weighted by molar-refractivity contribution is 7.91. The van der Waals surface area contributed by atoms with E-state index < -0.39 is 62.7 Å². The van der Waals surface area contributed by atoms with Crippen molar-refractivity contribution in [3.8, 4) is 10.6 Å². The SMILES string of the molecule is O=C(NCCNS(=O)(=O)c1ccc(-c2ccccn2)s1)C(=O)[C@H](Cc1ccccc1)NC(=O)c1cc(C(F)(F)F)cc(C(F)(F)F)c1. The van der Waals surface area contributed by atoms with Crippen molar-refractivity contribution in [2.24, 2.45) is 0 Å². The van der Waals surface area contributed by atoms with Gasteiger partial charge < -0.3 is 10.6 Å². The molecule has 4 aromatic rings. The van der Waals surface area contributed by atoms with Crippen molar-refractivity contribution < 1.29 is 49.1 Å². The van der Waals surface area contributed by atoms with Crippen molar-refractivity contribution in [2.75, 3.05) is 13.1 Å². The van der Waals surface area contributed by atoms with E-state index in [1.165, 1.54) is 18.2 Å². The molecule has 2 aromatic carbocycles. The third kappa shape index (κ3) is 9.46. The Morgan fingerprint density at radius 3 is 2.04 bits per heavy atom. The summed E-state index contributed by atoms with van der Waals surface area (Å²) in [6, 6.07) is 14.5. The molecule has 0 aliphatic heterocycles. The Labute approximate surface area is 268 Å². The fourth-order valence-electron chi connectivity index (χ4n) is 4.18. The van der Waals surface area contributed by atoms with Gasteiger partial charge >= 0.3 is 12.4 Å². The van der Waals surface area contributed by atoms with Crippen LogP contribution in [0.5, 0.6) is 0 Å². The van der Waals surface area contributed by atoms with Gasteiger partial charge in [0.05, 0.1) is 21.7 Å². The molecule has 1 atom stereocenters. The molecule has 0 saturated carbocycles. The first-order valence-corrected chi connectivity index (χ1v) is 15.8. The Balaban J connectivity index is 1.44. The molecule has 0 bridgehead atoms. The summed E-state index contributed by atoms with van der Waals surface area (Å²) >= 11 is 0.956. The molecule has 248 valence electrons. The lowest BCUT2D eigenvalue weighted by Gasteiger charge is -2.19. The zero-order chi connectivity index (χ0) is 34.4. The normalized spacial score (nSPS) is 12.7. The van der Waals surface area contributed by atoms with Gasteiger partial charge in [-0.1, -0.05) is 36.4 Å². The zero-order valence-electron chi connectivity index (χ0n) is 23.9. The Bertz CT molecular complexity index is 1820. The van der Waals surface area contributed by atoms with Crippen molar-refractivity contribution in [1.29, 1.82) is 0 Å². The molecule has 0 fully saturated rings. The van der Waals surface area contributed by atoms with Crippen molar-refractivity contribution in [2.45, 2.75) is 29.0 Å². The predicted octanol–water partition coefficient (Wildman–Crippen LogP) is 4.85. The topological polar surface area (TPSA) is 134 Å². The van der Waals surface area contributed by atoms with E-state index in [0.717, 1.165) is 11.3 Å². The average Bonchev–Trinajstić information content (AvgIpc) is 3.54. The second kappa shape index (κ2) is 14.4. The summed E-state index contributed by atoms with van der Waals surface area (Å²) in [6.07, 6.45) is -9.23. The standard InChI is InChI=1S/C30H24F6N4O5S2/c31-29(32,33)20-15-19(16-21(17-20)30(34,35)36)27(42)40-23(14-18-6-2-1-3-7-18)26(41)28(43)38-12-13-39-47(44,45)25-10-9-24(46-25)22-8-4-5-11-37-22/h1-11,15-17,23,39H,12-14H2,(H,38,43)(H,40,42)/t23-/m0/s1. The zero-order valence-corrected chi connectivity index (χ0v) is 25.5. The summed E-state index contributed by atoms with van der Waals surface area (Å²) in [5.74, 6) is -4.01. The number of hydrogen-bond donors (Lipinski definition) is 3. The van der Waals surface area contributed by atoms with Gasteiger partial charge in [-0.2, -0.15) is 26.3 Å². The number of ketones is 1. The van der Waals surface area contributed by atoms with Crippen LogP contribution in [0.25, 0.3) is 10.6 Å². The Morgan fingerprint density at radius 1 is 0.809 bits per heavy atom. The van der Waals surface area contributed by atoms with E-state index in [4.69, 9.17) is 0 Å². The number of pyridine rings is 1. The molecule has 2 amide bonds. The molecule has 0 unspecified atom stereocenters. The van der Waals surface area contributed by atoms with Crippen LogP contribution in [0.3, 0.4) is 0 Å². The van der Waals surface area contributed by atoms with E-state index in [-0.39, 0.29) is 41.9 Å². The van der Waals surface area contributed by atoms with E-state index in [0.29, 0.717) is 16.1 Å². The van der Waals surface area contributed by atoms with Crippen molar-refractivity contribution in [3.63, 3.8) is 0 Å². The molecule has 0 spiro atoms. The van der Waals surface area contributed by atoms with E-state index in [1.807, 2.05) is 0 Å². The summed E-state index contributed by atoms with van der Waals surface area (Å²) in [5.41, 5.74) is -3.53. The molecule has 17 heteroatoms. The van der Waals surface area contributed by atoms with E-state index in [2.05, 4.69) is 20.3 Å². The lowest BCUT2D eigenvalue weighted by atomic mass is 10.00. The lowest BCUT2D eigenvalue weighted by molar-refractivity contribution is -0.143. The van der Waals surface area contributed by atoms with Crippen LogP contribution in [0.2, 0.25) is 0 Å². The van der Waals surface area contributed by atoms with Gasteiger partial charge in [-0.25, -0.2) is 13.1 Å². The van der Waals surface area contributed by atoms with Gasteiger partial charge in [-0.3, -0.25) is 19.4 Å². The number of sulfonamides is 1. The highest BCUT2D eigenvalue weighted by Crippen LogP contribution is 2.36. The molecular formula is C30H24F6N4O5S2. The average molecular weight is 699 g/mol. The molecule has 47 heavy (non-hydrogen) atoms. The number of carbonyl (C=O) groups is 3. The van der Waals surface area contributed by atoms with Crippen molar-refractivity contribution in [3.05, 3.63) is 107 Å². The second-order valence-corrected chi connectivity index (χ2v) is 12.9. The summed E-state index contributed by atoms with van der Waals surface area (Å²) in [4.78, 5) is 43.5. The van der Waals surface area contributed by atoms with Crippen LogP contribution < -0.4 is 15.4 Å². The molecule has 0 saturated heterocycles. The van der Waals surface area contributed by atoms with Crippen LogP contribution in [-0.4, -0.2) is 50.1 Å². The number of alkyl halides is 6. The molecular weight excluding hydrogens is 674 g/mol. The van der Waals surface area contributed by atoms with Gasteiger partial charge in [-0.15, -0.1) is 11.3 Å². The van der Waals surface area contributed by atoms with Crippen LogP contribution in [0, 0.1) is 0 Å². The number of Topliss-reactive ketones (excluding diaryl/α,β-unsaturated/α-hetero) is 1. The van der Waals surface area contributed by atoms with Gasteiger partial charge in [0.25, 0.3) is 11.8 Å². The molecule has 0 aliphatic carbocycles. The van der Waals surface area contributed by atoms with Crippen LogP contribution in [-0.2, 0) is 38.4 Å². The molecule has 9 nitrogen and oxygen atoms in total. The van der Waals surface area contributed by atoms with Crippen LogP contribution in [0.4, 0.5) is 26.3 Å². The van der Waals surface area contributed by atoms with E-state index in [9.17, 15) is 49.1 Å². The maximum Gasteiger partial charge on any atom is 0.416 e. The predicted molar refractivity (Wildman–Crippen MR) is 159 cm³/mol. The summed E-state index contributed by atoms with van der Waals surface area (Å²) in [5, 5.41) is 4.28. The number of amides is 2. The molecule has 2 heterocycles. The first-order chi connectivity index (χ1) is 22.0. The summed E-state index contributed by atoms with van der Waals surface area (Å²) < 4.78 is 108. The fraction of sp³-hybridized carbons (Fsp3) is 0.200. The molecule has 4 rings (SSSR count). The number of rotatable bonds is 12. The first-order valence-electron chi connectivity index (χ1n) is 13.5. The molecule has 2 aromatic heterocycles. The van der Waals surface area contributed by atoms with Crippen LogP contribution in [0.1, 0.15) is 27.0 Å². The van der Waals surface area contributed by atoms with E-state index in [1.54, 1.807) is 48.7 Å². The monoisotopic (exact) mass is 698 g/mol. The van der Waals surface area contributed by atoms with E-state index >= 15 is 0 Å². The third-order valence-electron chi connectivity index (χ3n) is 6.44. The minimum Gasteiger partial charge on any atom is -0.348 e. The third-order valence-corrected chi connectivity index (χ3v) is 9.50. The number of halogens is 6. The van der Waals surface area contributed by atoms with Crippen LogP contribution in [0.15, 0.2) is 89.3 Å². The Morgan fingerprint density at radius 2 is 1.45 bits per heavy atom. The molecule has 0 aliphatic rings. The summed E-state index contributed by atoms with van der Waals surface area (Å²) in [6.45, 7) is -0.727. The van der Waals surface area contributed by atoms with Gasteiger partial charge in [0.2, 0.25) is 15.8 Å². The maximum absolute atomic E-state index is 13.3. The number of hydrogen-bond acceptors (Lipinski definition) is 7. The highest BCUT2D eigenvalue weighted by atomic mass is 32.2. The summed E-state index contributed by atoms with van der Waals surface area (Å²) in [7, 11) is -4.01. The number of thiophene rings is 1. The second-order valence-electron chi connectivity index (χ2n) is 9.86. The number of aromatic nitrogens is 1. The molecule has 3 N–H and O–H groups in total. The minimum absolute atomic E-state index is 0.0329. The minimum atomic E-state index is -5.22. The number of nitrogens with zero attached hydrogens (tertiary/aromatic N) is 1. The van der Waals surface area contributed by atoms with Crippen molar-refractivity contribution >= 4 is 39.0 Å². The number of carbonyl (C=O) groups excluding carboxylic acids is 3. The largest absolute Gasteiger partial charge is 0.416 e. The van der Waals surface area contributed by atoms with Gasteiger partial charge in [0.1, 0.15) is 10.3 Å². The lowest BCUT2D eigenvalue weighted by Crippen LogP contribution is -2.49. The Kier molecular flexibility index (Phi) is 10.8. The Hall–Kier alpha value is -4.61. The van der Waals surface area contributed by atoms with Crippen LogP contribution >= 0.6 is 11.3 Å². The smallest absolute Gasteiger partial charge is 0.348 e. The number of nitrogens with one attached hydrogen (secondary N) is 3.